The van der Waals surface area contributed by atoms with E-state index in [0.717, 1.165) is 31.6 Å². The fourth-order valence-electron chi connectivity index (χ4n) is 3.80. The Morgan fingerprint density at radius 3 is 2.57 bits per heavy atom. The number of benzene rings is 1. The smallest absolute Gasteiger partial charge is 0.243 e. The molecule has 0 amide bonds. The normalized spacial score (nSPS) is 19.3. The van der Waals surface area contributed by atoms with Gasteiger partial charge in [0.2, 0.25) is 10.0 Å². The van der Waals surface area contributed by atoms with Gasteiger partial charge in [0, 0.05) is 39.3 Å². The molecular formula is C20H32N4O4S2. The predicted octanol–water partition coefficient (Wildman–Crippen LogP) is 2.02. The number of nitrogens with one attached hydrogen (secondary N) is 2. The zero-order valence-electron chi connectivity index (χ0n) is 17.7. The summed E-state index contributed by atoms with van der Waals surface area (Å²) in [4.78, 5) is 2.55. The molecule has 1 aromatic carbocycles. The summed E-state index contributed by atoms with van der Waals surface area (Å²) in [5.41, 5.74) is 1.67. The highest BCUT2D eigenvalue weighted by molar-refractivity contribution is 7.89. The molecule has 1 unspecified atom stereocenters. The van der Waals surface area contributed by atoms with E-state index >= 15 is 0 Å². The van der Waals surface area contributed by atoms with E-state index in [1.807, 2.05) is 13.0 Å². The van der Waals surface area contributed by atoms with E-state index in [1.54, 1.807) is 19.2 Å². The van der Waals surface area contributed by atoms with Gasteiger partial charge in [-0.1, -0.05) is 0 Å². The third-order valence-corrected chi connectivity index (χ3v) is 7.43. The molecule has 8 nitrogen and oxygen atoms in total. The van der Waals surface area contributed by atoms with Crippen molar-refractivity contribution in [1.82, 2.24) is 9.62 Å². The lowest BCUT2D eigenvalue weighted by atomic mass is 10.1. The molecule has 2 aliphatic rings. The minimum Gasteiger partial charge on any atom is -0.383 e. The Hall–Kier alpha value is -1.46. The summed E-state index contributed by atoms with van der Waals surface area (Å²) in [7, 11) is -1.95. The Kier molecular flexibility index (Phi) is 8.29. The summed E-state index contributed by atoms with van der Waals surface area (Å²) >= 11 is 5.48. The molecule has 2 aliphatic heterocycles. The van der Waals surface area contributed by atoms with Crippen molar-refractivity contribution in [1.29, 1.82) is 0 Å². The maximum Gasteiger partial charge on any atom is 0.243 e. The van der Waals surface area contributed by atoms with Crippen LogP contribution in [0.15, 0.2) is 23.1 Å². The highest BCUT2D eigenvalue weighted by Crippen LogP contribution is 2.32. The highest BCUT2D eigenvalue weighted by atomic mass is 32.2. The van der Waals surface area contributed by atoms with Crippen LogP contribution < -0.4 is 15.5 Å². The second-order valence-corrected chi connectivity index (χ2v) is 10.0. The summed E-state index contributed by atoms with van der Waals surface area (Å²) in [6.07, 6.45) is 3.47. The number of hydrogen-bond acceptors (Lipinski definition) is 6. The van der Waals surface area contributed by atoms with Crippen LogP contribution in [-0.2, 0) is 19.5 Å². The van der Waals surface area contributed by atoms with Crippen molar-refractivity contribution in [2.75, 3.05) is 63.3 Å². The first-order valence-electron chi connectivity index (χ1n) is 10.4. The first-order valence-corrected chi connectivity index (χ1v) is 12.3. The number of nitrogens with zero attached hydrogens (tertiary/aromatic N) is 2. The van der Waals surface area contributed by atoms with E-state index in [1.165, 1.54) is 10.7 Å². The molecule has 168 valence electrons. The average Bonchev–Trinajstić information content (AvgIpc) is 2.75. The molecule has 2 heterocycles. The Bertz CT molecular complexity index is 822. The Morgan fingerprint density at radius 1 is 1.20 bits per heavy atom. The minimum atomic E-state index is -3.59. The monoisotopic (exact) mass is 456 g/mol. The molecule has 0 spiro atoms. The number of sulfonamides is 1. The van der Waals surface area contributed by atoms with Gasteiger partial charge in [-0.3, -0.25) is 0 Å². The van der Waals surface area contributed by atoms with Crippen molar-refractivity contribution in [3.63, 3.8) is 0 Å². The quantitative estimate of drug-likeness (QED) is 0.603. The molecule has 2 saturated heterocycles. The number of thiocarbonyl (C=S) groups is 1. The molecule has 0 radical (unpaired) electrons. The van der Waals surface area contributed by atoms with Gasteiger partial charge >= 0.3 is 0 Å². The van der Waals surface area contributed by atoms with Gasteiger partial charge in [-0.05, 0) is 56.6 Å². The van der Waals surface area contributed by atoms with E-state index in [4.69, 9.17) is 21.7 Å². The van der Waals surface area contributed by atoms with E-state index < -0.39 is 10.0 Å². The van der Waals surface area contributed by atoms with E-state index in [9.17, 15) is 8.42 Å². The van der Waals surface area contributed by atoms with Crippen LogP contribution in [0.3, 0.4) is 0 Å². The van der Waals surface area contributed by atoms with Crippen LogP contribution in [0.1, 0.15) is 26.2 Å². The maximum atomic E-state index is 13.1. The molecule has 3 rings (SSSR count). The largest absolute Gasteiger partial charge is 0.383 e. The minimum absolute atomic E-state index is 0.0358. The standard InChI is InChI=1S/C20H32N4O4S2/c1-16(15-27-2)21-20(29)22-18-14-17(30(25,26)24-10-12-28-13-11-24)6-7-19(18)23-8-4-3-5-9-23/h6-7,14,16H,3-5,8-13,15H2,1-2H3,(H2,21,22,29). The van der Waals surface area contributed by atoms with Gasteiger partial charge < -0.3 is 25.0 Å². The van der Waals surface area contributed by atoms with Crippen LogP contribution in [0.4, 0.5) is 11.4 Å². The molecule has 1 atom stereocenters. The van der Waals surface area contributed by atoms with Gasteiger partial charge in [-0.15, -0.1) is 0 Å². The van der Waals surface area contributed by atoms with Crippen LogP contribution in [0.2, 0.25) is 0 Å². The number of rotatable bonds is 7. The van der Waals surface area contributed by atoms with Crippen molar-refractivity contribution in [2.45, 2.75) is 37.1 Å². The molecule has 30 heavy (non-hydrogen) atoms. The van der Waals surface area contributed by atoms with Crippen molar-refractivity contribution in [2.24, 2.45) is 0 Å². The molecule has 0 aromatic heterocycles. The predicted molar refractivity (Wildman–Crippen MR) is 123 cm³/mol. The highest BCUT2D eigenvalue weighted by Gasteiger charge is 2.28. The number of anilines is 2. The maximum absolute atomic E-state index is 13.1. The van der Waals surface area contributed by atoms with Gasteiger partial charge in [0.1, 0.15) is 0 Å². The molecule has 1 aromatic rings. The molecule has 0 saturated carbocycles. The summed E-state index contributed by atoms with van der Waals surface area (Å²) < 4.78 is 38.2. The zero-order valence-corrected chi connectivity index (χ0v) is 19.4. The van der Waals surface area contributed by atoms with Crippen LogP contribution in [0, 0.1) is 0 Å². The molecule has 10 heteroatoms. The Labute approximate surface area is 184 Å². The van der Waals surface area contributed by atoms with Crippen molar-refractivity contribution in [3.05, 3.63) is 18.2 Å². The average molecular weight is 457 g/mol. The van der Waals surface area contributed by atoms with Crippen LogP contribution in [0.25, 0.3) is 0 Å². The third-order valence-electron chi connectivity index (χ3n) is 5.31. The molecule has 0 bridgehead atoms. The third kappa shape index (κ3) is 5.82. The summed E-state index contributed by atoms with van der Waals surface area (Å²) in [5, 5.41) is 6.85. The van der Waals surface area contributed by atoms with E-state index in [2.05, 4.69) is 15.5 Å². The lowest BCUT2D eigenvalue weighted by Gasteiger charge is -2.32. The van der Waals surface area contributed by atoms with Crippen molar-refractivity contribution >= 4 is 38.7 Å². The lowest BCUT2D eigenvalue weighted by Crippen LogP contribution is -2.41. The summed E-state index contributed by atoms with van der Waals surface area (Å²) in [6.45, 7) is 5.97. The van der Waals surface area contributed by atoms with Crippen LogP contribution >= 0.6 is 12.2 Å². The number of ether oxygens (including phenoxy) is 2. The Morgan fingerprint density at radius 2 is 1.90 bits per heavy atom. The fourth-order valence-corrected chi connectivity index (χ4v) is 5.54. The zero-order chi connectivity index (χ0) is 21.6. The van der Waals surface area contributed by atoms with Gasteiger partial charge in [0.25, 0.3) is 0 Å². The topological polar surface area (TPSA) is 83.1 Å². The van der Waals surface area contributed by atoms with Gasteiger partial charge in [0.05, 0.1) is 36.1 Å². The molecule has 2 fully saturated rings. The summed E-state index contributed by atoms with van der Waals surface area (Å²) in [6, 6.07) is 5.32. The first kappa shape index (κ1) is 23.2. The molecular weight excluding hydrogens is 424 g/mol. The SMILES string of the molecule is COCC(C)NC(=S)Nc1cc(S(=O)(=O)N2CCOCC2)ccc1N1CCCCC1. The number of hydrogen-bond donors (Lipinski definition) is 2. The second kappa shape index (κ2) is 10.7. The number of methoxy groups -OCH3 is 1. The van der Waals surface area contributed by atoms with Crippen LogP contribution in [0.5, 0.6) is 0 Å². The van der Waals surface area contributed by atoms with Gasteiger partial charge in [-0.2, -0.15) is 4.31 Å². The first-order chi connectivity index (χ1) is 14.4. The van der Waals surface area contributed by atoms with Crippen LogP contribution in [-0.4, -0.2) is 77.0 Å². The van der Waals surface area contributed by atoms with Gasteiger partial charge in [0.15, 0.2) is 5.11 Å². The number of morpholine rings is 1. The summed E-state index contributed by atoms with van der Waals surface area (Å²) in [5.74, 6) is 0. The molecule has 2 N–H and O–H groups in total. The second-order valence-electron chi connectivity index (χ2n) is 7.70. The Balaban J connectivity index is 1.87. The van der Waals surface area contributed by atoms with Crippen molar-refractivity contribution < 1.29 is 17.9 Å². The fraction of sp³-hybridized carbons (Fsp3) is 0.650. The lowest BCUT2D eigenvalue weighted by molar-refractivity contribution is 0.0730. The molecule has 0 aliphatic carbocycles. The van der Waals surface area contributed by atoms with Gasteiger partial charge in [-0.25, -0.2) is 8.42 Å². The van der Waals surface area contributed by atoms with E-state index in [0.29, 0.717) is 43.7 Å². The number of piperidine rings is 1. The van der Waals surface area contributed by atoms with E-state index in [-0.39, 0.29) is 10.9 Å². The van der Waals surface area contributed by atoms with Crippen molar-refractivity contribution in [3.8, 4) is 0 Å².